The molecule has 8 heteroatoms. The van der Waals surface area contributed by atoms with Crippen molar-refractivity contribution < 1.29 is 18.7 Å². The number of carbonyl (C=O) groups excluding carboxylic acids is 1. The largest absolute Gasteiger partial charge is 0.469 e. The summed E-state index contributed by atoms with van der Waals surface area (Å²) in [7, 11) is 1.45. The van der Waals surface area contributed by atoms with Crippen molar-refractivity contribution in [2.24, 2.45) is 5.92 Å². The highest BCUT2D eigenvalue weighted by Crippen LogP contribution is 2.31. The second-order valence-corrected chi connectivity index (χ2v) is 9.07. The number of esters is 1. The Labute approximate surface area is 192 Å². The molecular weight excluding hydrogens is 423 g/mol. The molecule has 1 unspecified atom stereocenters. The second-order valence-electron chi connectivity index (χ2n) is 9.07. The third-order valence-electron chi connectivity index (χ3n) is 6.80. The molecule has 1 saturated heterocycles. The van der Waals surface area contributed by atoms with Crippen LogP contribution in [-0.2, 0) is 14.3 Å². The Morgan fingerprint density at radius 3 is 2.76 bits per heavy atom. The van der Waals surface area contributed by atoms with Crippen molar-refractivity contribution >= 4 is 22.8 Å². The van der Waals surface area contributed by atoms with Crippen molar-refractivity contribution in [1.29, 1.82) is 0 Å². The first-order chi connectivity index (χ1) is 16.1. The highest BCUT2D eigenvalue weighted by atomic mass is 19.1. The first-order valence-electron chi connectivity index (χ1n) is 11.7. The number of aromatic nitrogens is 3. The van der Waals surface area contributed by atoms with E-state index in [1.807, 2.05) is 12.1 Å². The van der Waals surface area contributed by atoms with Gasteiger partial charge in [0, 0.05) is 37.3 Å². The van der Waals surface area contributed by atoms with E-state index in [2.05, 4.69) is 19.9 Å². The number of pyridine rings is 1. The van der Waals surface area contributed by atoms with Gasteiger partial charge in [-0.05, 0) is 62.3 Å². The van der Waals surface area contributed by atoms with Crippen molar-refractivity contribution in [3.8, 4) is 11.4 Å². The third kappa shape index (κ3) is 5.00. The summed E-state index contributed by atoms with van der Waals surface area (Å²) >= 11 is 0. The normalized spacial score (nSPS) is 23.2. The van der Waals surface area contributed by atoms with Crippen LogP contribution in [-0.4, -0.2) is 53.3 Å². The molecule has 1 atom stereocenters. The van der Waals surface area contributed by atoms with Gasteiger partial charge < -0.3 is 19.4 Å². The van der Waals surface area contributed by atoms with Crippen molar-refractivity contribution in [2.45, 2.75) is 50.7 Å². The number of hydrogen-bond acceptors (Lipinski definition) is 6. The van der Waals surface area contributed by atoms with Gasteiger partial charge in [0.15, 0.2) is 0 Å². The average Bonchev–Trinajstić information content (AvgIpc) is 3.47. The lowest BCUT2D eigenvalue weighted by atomic mass is 9.85. The molecule has 1 aliphatic carbocycles. The number of rotatable bonds is 6. The van der Waals surface area contributed by atoms with Crippen LogP contribution in [0.15, 0.2) is 36.5 Å². The summed E-state index contributed by atoms with van der Waals surface area (Å²) in [4.78, 5) is 26.1. The number of carbonyl (C=O) groups is 1. The Balaban J connectivity index is 1.14. The van der Waals surface area contributed by atoms with Gasteiger partial charge in [0.25, 0.3) is 0 Å². The topological polar surface area (TPSA) is 80.3 Å². The minimum atomic E-state index is -0.297. The Morgan fingerprint density at radius 1 is 1.15 bits per heavy atom. The maximum Gasteiger partial charge on any atom is 0.305 e. The number of hydrogen-bond donors (Lipinski definition) is 1. The van der Waals surface area contributed by atoms with E-state index < -0.39 is 0 Å². The van der Waals surface area contributed by atoms with Gasteiger partial charge in [0.05, 0.1) is 30.4 Å². The molecule has 3 heterocycles. The number of benzene rings is 1. The predicted octanol–water partition coefficient (Wildman–Crippen LogP) is 4.48. The highest BCUT2D eigenvalue weighted by molar-refractivity contribution is 5.79. The molecule has 1 N–H and O–H groups in total. The third-order valence-corrected chi connectivity index (χ3v) is 6.80. The molecule has 2 aliphatic rings. The molecule has 3 aromatic rings. The highest BCUT2D eigenvalue weighted by Gasteiger charge is 2.30. The molecule has 1 saturated carbocycles. The summed E-state index contributed by atoms with van der Waals surface area (Å²) in [5.41, 5.74) is 2.27. The van der Waals surface area contributed by atoms with E-state index in [1.165, 1.54) is 19.2 Å². The van der Waals surface area contributed by atoms with Crippen LogP contribution in [0.2, 0.25) is 0 Å². The van der Waals surface area contributed by atoms with E-state index in [9.17, 15) is 9.18 Å². The minimum absolute atomic E-state index is 0.112. The zero-order valence-corrected chi connectivity index (χ0v) is 18.8. The first-order valence-corrected chi connectivity index (χ1v) is 11.7. The van der Waals surface area contributed by atoms with Gasteiger partial charge >= 0.3 is 5.97 Å². The van der Waals surface area contributed by atoms with Crippen molar-refractivity contribution in [3.63, 3.8) is 0 Å². The van der Waals surface area contributed by atoms with E-state index in [-0.39, 0.29) is 24.0 Å². The van der Waals surface area contributed by atoms with E-state index in [1.54, 1.807) is 12.3 Å². The number of anilines is 1. The molecule has 33 heavy (non-hydrogen) atoms. The zero-order chi connectivity index (χ0) is 22.8. The lowest BCUT2D eigenvalue weighted by Gasteiger charge is -2.30. The van der Waals surface area contributed by atoms with Crippen LogP contribution in [0, 0.1) is 11.7 Å². The molecule has 1 aromatic carbocycles. The van der Waals surface area contributed by atoms with Crippen molar-refractivity contribution in [3.05, 3.63) is 42.3 Å². The fraction of sp³-hybridized carbons (Fsp3) is 0.480. The Bertz CT molecular complexity index is 1110. The van der Waals surface area contributed by atoms with E-state index in [0.29, 0.717) is 23.7 Å². The second kappa shape index (κ2) is 9.47. The first kappa shape index (κ1) is 21.8. The molecule has 0 amide bonds. The summed E-state index contributed by atoms with van der Waals surface area (Å²) in [5, 5.41) is 0. The fourth-order valence-electron chi connectivity index (χ4n) is 4.94. The quantitative estimate of drug-likeness (QED) is 0.556. The molecule has 0 radical (unpaired) electrons. The number of nitrogens with one attached hydrogen (secondary N) is 1. The van der Waals surface area contributed by atoms with Crippen LogP contribution >= 0.6 is 0 Å². The van der Waals surface area contributed by atoms with E-state index >= 15 is 0 Å². The predicted molar refractivity (Wildman–Crippen MR) is 123 cm³/mol. The Morgan fingerprint density at radius 2 is 2.00 bits per heavy atom. The lowest BCUT2D eigenvalue weighted by Crippen LogP contribution is -2.30. The number of imidazole rings is 1. The van der Waals surface area contributed by atoms with Crippen LogP contribution in [0.4, 0.5) is 10.2 Å². The lowest BCUT2D eigenvalue weighted by molar-refractivity contribution is -0.142. The fourth-order valence-corrected chi connectivity index (χ4v) is 4.94. The van der Waals surface area contributed by atoms with E-state index in [0.717, 1.165) is 62.1 Å². The van der Waals surface area contributed by atoms with Crippen LogP contribution < -0.4 is 4.90 Å². The summed E-state index contributed by atoms with van der Waals surface area (Å²) in [5.74, 6) is 1.62. The van der Waals surface area contributed by atoms with Crippen LogP contribution in [0.1, 0.15) is 38.5 Å². The molecule has 5 rings (SSSR count). The number of H-pyrrole nitrogens is 1. The van der Waals surface area contributed by atoms with Crippen LogP contribution in [0.5, 0.6) is 0 Å². The maximum atomic E-state index is 13.4. The van der Waals surface area contributed by atoms with Gasteiger partial charge in [-0.1, -0.05) is 0 Å². The minimum Gasteiger partial charge on any atom is -0.469 e. The summed E-state index contributed by atoms with van der Waals surface area (Å²) in [6, 6.07) is 8.54. The standard InChI is InChI=1S/C25H29FN4O3/c1-32-24(31)12-16-2-6-19(7-3-16)33-20-10-11-30(15-20)23-9-4-17(14-27-23)25-28-21-8-5-18(26)13-22(21)29-25/h4-5,8-9,13-14,16,19-20H,2-3,6-7,10-12,15H2,1H3,(H,28,29)/t16-,19+,20?. The number of ether oxygens (including phenoxy) is 2. The van der Waals surface area contributed by atoms with Crippen LogP contribution in [0.3, 0.4) is 0 Å². The zero-order valence-electron chi connectivity index (χ0n) is 18.8. The van der Waals surface area contributed by atoms with Crippen LogP contribution in [0.25, 0.3) is 22.4 Å². The van der Waals surface area contributed by atoms with Gasteiger partial charge in [-0.15, -0.1) is 0 Å². The molecule has 2 aromatic heterocycles. The van der Waals surface area contributed by atoms with Crippen molar-refractivity contribution in [1.82, 2.24) is 15.0 Å². The van der Waals surface area contributed by atoms with Gasteiger partial charge in [0.1, 0.15) is 17.5 Å². The Kier molecular flexibility index (Phi) is 6.26. The van der Waals surface area contributed by atoms with Gasteiger partial charge in [0.2, 0.25) is 0 Å². The maximum absolute atomic E-state index is 13.4. The smallest absolute Gasteiger partial charge is 0.305 e. The molecule has 1 aliphatic heterocycles. The number of aromatic amines is 1. The van der Waals surface area contributed by atoms with E-state index in [4.69, 9.17) is 9.47 Å². The number of fused-ring (bicyclic) bond motifs is 1. The number of halogens is 1. The SMILES string of the molecule is COC(=O)C[C@H]1CC[C@@H](OC2CCN(c3ccc(-c4nc5cc(F)ccc5[nH]4)cn3)C2)CC1. The Hall–Kier alpha value is -3.00. The molecule has 0 spiro atoms. The van der Waals surface area contributed by atoms with Crippen molar-refractivity contribution in [2.75, 3.05) is 25.1 Å². The molecule has 174 valence electrons. The van der Waals surface area contributed by atoms with Gasteiger partial charge in [-0.3, -0.25) is 4.79 Å². The molecular formula is C25H29FN4O3. The van der Waals surface area contributed by atoms with Gasteiger partial charge in [-0.2, -0.15) is 0 Å². The summed E-state index contributed by atoms with van der Waals surface area (Å²) in [6.07, 6.45) is 7.85. The monoisotopic (exact) mass is 452 g/mol. The number of nitrogens with zero attached hydrogens (tertiary/aromatic N) is 3. The van der Waals surface area contributed by atoms with Gasteiger partial charge in [-0.25, -0.2) is 14.4 Å². The summed E-state index contributed by atoms with van der Waals surface area (Å²) in [6.45, 7) is 1.75. The molecule has 7 nitrogen and oxygen atoms in total. The average molecular weight is 453 g/mol. The summed E-state index contributed by atoms with van der Waals surface area (Å²) < 4.78 is 24.6. The molecule has 2 fully saturated rings. The number of methoxy groups -OCH3 is 1. The molecule has 0 bridgehead atoms.